The van der Waals surface area contributed by atoms with Crippen LogP contribution < -0.4 is 15.5 Å². The van der Waals surface area contributed by atoms with Crippen LogP contribution in [0.3, 0.4) is 0 Å². The van der Waals surface area contributed by atoms with Crippen molar-refractivity contribution >= 4 is 17.6 Å². The molecule has 2 N–H and O–H groups in total. The molecule has 0 amide bonds. The Morgan fingerprint density at radius 3 is 2.50 bits per heavy atom. The summed E-state index contributed by atoms with van der Waals surface area (Å²) in [6, 6.07) is 8.16. The number of hydrogen-bond acceptors (Lipinski definition) is 5. The fourth-order valence-electron chi connectivity index (χ4n) is 3.23. The second-order valence-corrected chi connectivity index (χ2v) is 6.72. The third-order valence-corrected chi connectivity index (χ3v) is 4.67. The van der Waals surface area contributed by atoms with E-state index in [9.17, 15) is 13.2 Å². The van der Waals surface area contributed by atoms with Crippen molar-refractivity contribution in [3.8, 4) is 0 Å². The third-order valence-electron chi connectivity index (χ3n) is 4.67. The van der Waals surface area contributed by atoms with Gasteiger partial charge in [0.05, 0.1) is 12.1 Å². The number of guanidine groups is 1. The van der Waals surface area contributed by atoms with Crippen molar-refractivity contribution in [2.45, 2.75) is 13.1 Å². The van der Waals surface area contributed by atoms with Crippen LogP contribution in [-0.2, 0) is 6.18 Å². The summed E-state index contributed by atoms with van der Waals surface area (Å²) in [5.41, 5.74) is -0.772. The highest BCUT2D eigenvalue weighted by Gasteiger charge is 2.33. The first-order valence-corrected chi connectivity index (χ1v) is 9.94. The zero-order valence-electron chi connectivity index (χ0n) is 16.9. The van der Waals surface area contributed by atoms with Gasteiger partial charge in [-0.15, -0.1) is 0 Å². The Kier molecular flexibility index (Phi) is 7.31. The molecule has 162 valence electrons. The zero-order valence-corrected chi connectivity index (χ0v) is 16.9. The van der Waals surface area contributed by atoms with Crippen LogP contribution in [0.25, 0.3) is 0 Å². The summed E-state index contributed by atoms with van der Waals surface area (Å²) < 4.78 is 39.2. The summed E-state index contributed by atoms with van der Waals surface area (Å²) in [5, 5.41) is 6.01. The molecule has 3 heterocycles. The summed E-state index contributed by atoms with van der Waals surface area (Å²) >= 11 is 0. The lowest BCUT2D eigenvalue weighted by molar-refractivity contribution is -0.137. The van der Waals surface area contributed by atoms with Gasteiger partial charge in [-0.2, -0.15) is 13.2 Å². The molecule has 0 spiro atoms. The minimum absolute atomic E-state index is 0.172. The molecule has 0 aliphatic carbocycles. The average Bonchev–Trinajstić information content (AvgIpc) is 2.76. The van der Waals surface area contributed by atoms with Gasteiger partial charge in [-0.3, -0.25) is 4.99 Å². The van der Waals surface area contributed by atoms with Crippen LogP contribution in [0, 0.1) is 0 Å². The van der Waals surface area contributed by atoms with Crippen LogP contribution >= 0.6 is 0 Å². The minimum Gasteiger partial charge on any atom is -0.368 e. The smallest absolute Gasteiger partial charge is 0.368 e. The van der Waals surface area contributed by atoms with Crippen molar-refractivity contribution < 1.29 is 13.2 Å². The van der Waals surface area contributed by atoms with Gasteiger partial charge in [0.25, 0.3) is 0 Å². The lowest BCUT2D eigenvalue weighted by Crippen LogP contribution is -2.52. The van der Waals surface area contributed by atoms with E-state index in [0.29, 0.717) is 13.1 Å². The van der Waals surface area contributed by atoms with E-state index in [0.717, 1.165) is 44.0 Å². The van der Waals surface area contributed by atoms with Crippen molar-refractivity contribution in [1.82, 2.24) is 20.2 Å². The van der Waals surface area contributed by atoms with E-state index < -0.39 is 11.7 Å². The van der Waals surface area contributed by atoms with Gasteiger partial charge in [0.2, 0.25) is 0 Å². The highest BCUT2D eigenvalue weighted by atomic mass is 19.4. The van der Waals surface area contributed by atoms with Gasteiger partial charge >= 0.3 is 6.18 Å². The van der Waals surface area contributed by atoms with Crippen molar-refractivity contribution in [2.75, 3.05) is 56.0 Å². The van der Waals surface area contributed by atoms with Crippen LogP contribution in [0.5, 0.6) is 0 Å². The Bertz CT molecular complexity index is 819. The summed E-state index contributed by atoms with van der Waals surface area (Å²) in [5.74, 6) is 1.55. The molecular weight excluding hydrogens is 395 g/mol. The van der Waals surface area contributed by atoms with Gasteiger partial charge in [-0.05, 0) is 31.2 Å². The third kappa shape index (κ3) is 5.74. The van der Waals surface area contributed by atoms with Gasteiger partial charge in [-0.25, -0.2) is 9.97 Å². The number of hydrogen-bond donors (Lipinski definition) is 2. The Morgan fingerprint density at radius 2 is 1.83 bits per heavy atom. The van der Waals surface area contributed by atoms with E-state index in [4.69, 9.17) is 0 Å². The maximum absolute atomic E-state index is 13.1. The molecule has 1 fully saturated rings. The summed E-state index contributed by atoms with van der Waals surface area (Å²) in [6.45, 7) is 6.50. The minimum atomic E-state index is -4.44. The van der Waals surface area contributed by atoms with E-state index in [1.54, 1.807) is 6.20 Å². The maximum atomic E-state index is 13.1. The predicted octanol–water partition coefficient (Wildman–Crippen LogP) is 2.70. The molecule has 1 aliphatic rings. The SMILES string of the molecule is CCNC(=NCCNc1ncccc1C(F)(F)F)N1CCN(c2ccccn2)CC1. The molecule has 10 heteroatoms. The van der Waals surface area contributed by atoms with Crippen molar-refractivity contribution in [1.29, 1.82) is 0 Å². The zero-order chi connectivity index (χ0) is 21.4. The molecule has 0 unspecified atom stereocenters. The van der Waals surface area contributed by atoms with Crippen LogP contribution in [0.15, 0.2) is 47.7 Å². The van der Waals surface area contributed by atoms with E-state index in [-0.39, 0.29) is 12.4 Å². The largest absolute Gasteiger partial charge is 0.419 e. The highest BCUT2D eigenvalue weighted by molar-refractivity contribution is 5.80. The van der Waals surface area contributed by atoms with Gasteiger partial charge < -0.3 is 20.4 Å². The van der Waals surface area contributed by atoms with E-state index in [2.05, 4.69) is 35.4 Å². The molecule has 1 aliphatic heterocycles. The average molecular weight is 421 g/mol. The highest BCUT2D eigenvalue weighted by Crippen LogP contribution is 2.33. The first kappa shape index (κ1) is 21.7. The molecule has 0 radical (unpaired) electrons. The summed E-state index contributed by atoms with van der Waals surface area (Å²) in [4.78, 5) is 17.1. The van der Waals surface area contributed by atoms with Crippen LogP contribution in [0.4, 0.5) is 24.8 Å². The van der Waals surface area contributed by atoms with Crippen LogP contribution in [0.1, 0.15) is 12.5 Å². The number of alkyl halides is 3. The van der Waals surface area contributed by atoms with Crippen molar-refractivity contribution in [3.63, 3.8) is 0 Å². The van der Waals surface area contributed by atoms with Gasteiger partial charge in [0, 0.05) is 51.7 Å². The number of pyridine rings is 2. The number of aliphatic imine (C=N–C) groups is 1. The van der Waals surface area contributed by atoms with E-state index in [1.807, 2.05) is 25.1 Å². The Balaban J connectivity index is 1.54. The standard InChI is InChI=1S/C20H26F3N7/c1-2-24-19(30-14-12-29(13-15-30)17-7-3-4-8-25-17)28-11-10-27-18-16(20(21,22)23)6-5-9-26-18/h3-9H,2,10-15H2,1H3,(H,24,28)(H,26,27). The monoisotopic (exact) mass is 421 g/mol. The first-order chi connectivity index (χ1) is 14.5. The molecule has 1 saturated heterocycles. The van der Waals surface area contributed by atoms with Gasteiger partial charge in [-0.1, -0.05) is 6.07 Å². The molecule has 30 heavy (non-hydrogen) atoms. The quantitative estimate of drug-likeness (QED) is 0.425. The van der Waals surface area contributed by atoms with E-state index >= 15 is 0 Å². The molecule has 0 saturated carbocycles. The second kappa shape index (κ2) is 10.1. The van der Waals surface area contributed by atoms with Gasteiger partial charge in [0.15, 0.2) is 5.96 Å². The number of piperazine rings is 1. The maximum Gasteiger partial charge on any atom is 0.419 e. The van der Waals surface area contributed by atoms with E-state index in [1.165, 1.54) is 12.3 Å². The molecule has 0 aromatic carbocycles. The fourth-order valence-corrected chi connectivity index (χ4v) is 3.23. The molecule has 0 bridgehead atoms. The van der Waals surface area contributed by atoms with Gasteiger partial charge in [0.1, 0.15) is 11.6 Å². The lowest BCUT2D eigenvalue weighted by Gasteiger charge is -2.37. The number of nitrogens with one attached hydrogen (secondary N) is 2. The fraction of sp³-hybridized carbons (Fsp3) is 0.450. The summed E-state index contributed by atoms with van der Waals surface area (Å²) in [6.07, 6.45) is -1.32. The van der Waals surface area contributed by atoms with Crippen molar-refractivity contribution in [3.05, 3.63) is 48.3 Å². The molecule has 2 aromatic rings. The normalized spacial score (nSPS) is 15.3. The Morgan fingerprint density at radius 1 is 1.07 bits per heavy atom. The number of nitrogens with zero attached hydrogens (tertiary/aromatic N) is 5. The number of rotatable bonds is 6. The first-order valence-electron chi connectivity index (χ1n) is 9.94. The number of halogens is 3. The molecule has 0 atom stereocenters. The predicted molar refractivity (Wildman–Crippen MR) is 112 cm³/mol. The molecule has 3 rings (SSSR count). The Hall–Kier alpha value is -3.04. The molecule has 7 nitrogen and oxygen atoms in total. The Labute approximate surface area is 174 Å². The topological polar surface area (TPSA) is 68.7 Å². The lowest BCUT2D eigenvalue weighted by atomic mass is 10.2. The van der Waals surface area contributed by atoms with Crippen molar-refractivity contribution in [2.24, 2.45) is 4.99 Å². The molecular formula is C20H26F3N7. The van der Waals surface area contributed by atoms with Crippen LogP contribution in [-0.4, -0.2) is 66.6 Å². The molecule has 2 aromatic heterocycles. The second-order valence-electron chi connectivity index (χ2n) is 6.72. The summed E-state index contributed by atoms with van der Waals surface area (Å²) in [7, 11) is 0. The van der Waals surface area contributed by atoms with Crippen LogP contribution in [0.2, 0.25) is 0 Å². The number of aromatic nitrogens is 2. The number of anilines is 2.